The quantitative estimate of drug-likeness (QED) is 0.637. The molecular formula is C17H25NO7. The van der Waals surface area contributed by atoms with Gasteiger partial charge in [-0.15, -0.1) is 0 Å². The van der Waals surface area contributed by atoms with Crippen LogP contribution in [0.2, 0.25) is 0 Å². The van der Waals surface area contributed by atoms with E-state index in [4.69, 9.17) is 10.2 Å². The first-order valence-electron chi connectivity index (χ1n) is 8.14. The molecule has 0 bridgehead atoms. The third-order valence-electron chi connectivity index (χ3n) is 3.43. The minimum Gasteiger partial charge on any atom is -0.481 e. The Bertz CT molecular complexity index is 523. The number of hydrogen-bond acceptors (Lipinski definition) is 6. The van der Waals surface area contributed by atoms with Crippen LogP contribution in [-0.2, 0) is 24.0 Å². The van der Waals surface area contributed by atoms with Gasteiger partial charge in [0, 0.05) is 25.7 Å². The molecule has 0 atom stereocenters. The molecule has 0 aliphatic heterocycles. The number of allylic oxidation sites excluding steroid dienone is 2. The van der Waals surface area contributed by atoms with Crippen molar-refractivity contribution in [2.24, 2.45) is 5.73 Å². The van der Waals surface area contributed by atoms with Gasteiger partial charge in [0.2, 0.25) is 0 Å². The van der Waals surface area contributed by atoms with Gasteiger partial charge in [0.25, 0.3) is 0 Å². The van der Waals surface area contributed by atoms with Crippen LogP contribution in [0.3, 0.4) is 0 Å². The van der Waals surface area contributed by atoms with E-state index in [0.29, 0.717) is 25.7 Å². The topological polar surface area (TPSA) is 152 Å². The summed E-state index contributed by atoms with van der Waals surface area (Å²) in [7, 11) is 0. The normalized spacial score (nSPS) is 16.7. The third kappa shape index (κ3) is 13.8. The molecule has 0 aromatic carbocycles. The Hall–Kier alpha value is -2.35. The van der Waals surface area contributed by atoms with Crippen molar-refractivity contribution in [2.45, 2.75) is 57.8 Å². The van der Waals surface area contributed by atoms with Gasteiger partial charge in [-0.25, -0.2) is 0 Å². The fourth-order valence-electron chi connectivity index (χ4n) is 2.21. The van der Waals surface area contributed by atoms with Crippen LogP contribution in [-0.4, -0.2) is 46.0 Å². The highest BCUT2D eigenvalue weighted by molar-refractivity contribution is 6.01. The summed E-state index contributed by atoms with van der Waals surface area (Å²) in [6, 6.07) is 0. The molecule has 0 heterocycles. The molecule has 2 aliphatic rings. The Balaban J connectivity index is 0.000000382. The lowest BCUT2D eigenvalue weighted by Crippen LogP contribution is -2.13. The van der Waals surface area contributed by atoms with Crippen LogP contribution in [0.5, 0.6) is 0 Å². The first kappa shape index (κ1) is 22.6. The molecule has 0 spiro atoms. The van der Waals surface area contributed by atoms with Crippen LogP contribution in [0, 0.1) is 0 Å². The Labute approximate surface area is 146 Å². The van der Waals surface area contributed by atoms with E-state index >= 15 is 0 Å². The van der Waals surface area contributed by atoms with Crippen molar-refractivity contribution < 1.29 is 34.2 Å². The smallest absolute Gasteiger partial charge is 0.317 e. The highest BCUT2D eigenvalue weighted by atomic mass is 16.4. The predicted molar refractivity (Wildman–Crippen MR) is 89.0 cm³/mol. The second-order valence-electron chi connectivity index (χ2n) is 5.72. The summed E-state index contributed by atoms with van der Waals surface area (Å²) in [6.07, 6.45) is 6.86. The maximum absolute atomic E-state index is 10.9. The number of ketones is 3. The summed E-state index contributed by atoms with van der Waals surface area (Å²) in [5.41, 5.74) is 5.57. The van der Waals surface area contributed by atoms with Gasteiger partial charge in [0.05, 0.1) is 13.0 Å². The zero-order valence-electron chi connectivity index (χ0n) is 14.2. The zero-order valence-corrected chi connectivity index (χ0v) is 14.2. The van der Waals surface area contributed by atoms with E-state index in [0.717, 1.165) is 24.8 Å². The average Bonchev–Trinajstić information content (AvgIpc) is 2.54. The first-order valence-corrected chi connectivity index (χ1v) is 8.14. The number of carbonyl (C=O) groups is 5. The minimum atomic E-state index is -0.968. The van der Waals surface area contributed by atoms with Crippen LogP contribution < -0.4 is 5.73 Å². The molecule has 1 fully saturated rings. The molecule has 2 aliphatic carbocycles. The maximum Gasteiger partial charge on any atom is 0.317 e. The third-order valence-corrected chi connectivity index (χ3v) is 3.43. The summed E-state index contributed by atoms with van der Waals surface area (Å²) < 4.78 is 0. The van der Waals surface area contributed by atoms with Crippen molar-refractivity contribution in [2.75, 3.05) is 6.54 Å². The molecule has 0 aromatic heterocycles. The number of carboxylic acid groups (broad SMARTS) is 2. The Morgan fingerprint density at radius 3 is 1.80 bits per heavy atom. The van der Waals surface area contributed by atoms with Crippen molar-refractivity contribution in [3.05, 3.63) is 11.6 Å². The van der Waals surface area contributed by atoms with Crippen LogP contribution in [0.4, 0.5) is 0 Å². The molecule has 8 nitrogen and oxygen atoms in total. The molecule has 4 N–H and O–H groups in total. The fourth-order valence-corrected chi connectivity index (χ4v) is 2.21. The summed E-state index contributed by atoms with van der Waals surface area (Å²) in [6.45, 7) is -0.278. The number of nitrogens with two attached hydrogens (primary N) is 1. The SMILES string of the molecule is NCC(=O)O.O=C(O)CCC1=CC(=O)CCC1.O=C1CCCC(=O)C1. The summed E-state index contributed by atoms with van der Waals surface area (Å²) >= 11 is 0. The largest absolute Gasteiger partial charge is 0.481 e. The molecule has 25 heavy (non-hydrogen) atoms. The van der Waals surface area contributed by atoms with Gasteiger partial charge in [-0.2, -0.15) is 0 Å². The van der Waals surface area contributed by atoms with Crippen LogP contribution in [0.25, 0.3) is 0 Å². The van der Waals surface area contributed by atoms with E-state index in [1.807, 2.05) is 0 Å². The second kappa shape index (κ2) is 13.0. The van der Waals surface area contributed by atoms with Gasteiger partial charge in [0.1, 0.15) is 11.6 Å². The summed E-state index contributed by atoms with van der Waals surface area (Å²) in [5, 5.41) is 16.0. The maximum atomic E-state index is 10.9. The van der Waals surface area contributed by atoms with Crippen molar-refractivity contribution >= 4 is 29.3 Å². The Kier molecular flexibility index (Phi) is 11.8. The van der Waals surface area contributed by atoms with E-state index in [9.17, 15) is 24.0 Å². The molecule has 0 aromatic rings. The molecule has 0 saturated heterocycles. The summed E-state index contributed by atoms with van der Waals surface area (Å²) in [4.78, 5) is 51.3. The highest BCUT2D eigenvalue weighted by Gasteiger charge is 2.14. The van der Waals surface area contributed by atoms with Gasteiger partial charge in [-0.05, 0) is 31.8 Å². The zero-order chi connectivity index (χ0) is 19.2. The fraction of sp³-hybridized carbons (Fsp3) is 0.588. The number of aliphatic carboxylic acids is 2. The number of rotatable bonds is 4. The van der Waals surface area contributed by atoms with Gasteiger partial charge in [-0.3, -0.25) is 24.0 Å². The molecule has 2 rings (SSSR count). The first-order chi connectivity index (χ1) is 11.7. The number of carboxylic acids is 2. The van der Waals surface area contributed by atoms with Crippen molar-refractivity contribution in [1.82, 2.24) is 0 Å². The Morgan fingerprint density at radius 2 is 1.44 bits per heavy atom. The van der Waals surface area contributed by atoms with E-state index in [-0.39, 0.29) is 36.7 Å². The molecular weight excluding hydrogens is 330 g/mol. The summed E-state index contributed by atoms with van der Waals surface area (Å²) in [5.74, 6) is -1.40. The molecule has 8 heteroatoms. The molecule has 0 radical (unpaired) electrons. The van der Waals surface area contributed by atoms with E-state index in [1.54, 1.807) is 6.08 Å². The van der Waals surface area contributed by atoms with E-state index < -0.39 is 11.9 Å². The second-order valence-corrected chi connectivity index (χ2v) is 5.72. The molecule has 0 amide bonds. The average molecular weight is 355 g/mol. The predicted octanol–water partition coefficient (Wildman–Crippen LogP) is 1.26. The number of carbonyl (C=O) groups excluding carboxylic acids is 3. The Morgan fingerprint density at radius 1 is 0.920 bits per heavy atom. The van der Waals surface area contributed by atoms with Gasteiger partial charge in [-0.1, -0.05) is 5.57 Å². The van der Waals surface area contributed by atoms with Crippen molar-refractivity contribution in [3.8, 4) is 0 Å². The molecule has 1 saturated carbocycles. The van der Waals surface area contributed by atoms with E-state index in [2.05, 4.69) is 5.73 Å². The van der Waals surface area contributed by atoms with Crippen LogP contribution in [0.1, 0.15) is 57.8 Å². The number of hydrogen-bond donors (Lipinski definition) is 3. The minimum absolute atomic E-state index is 0.112. The standard InChI is InChI=1S/C9H12O3.C6H8O2.C2H5NO2/c10-8-3-1-2-7(6-8)4-5-9(11)12;7-5-2-1-3-6(8)4-5;3-1-2(4)5/h6H,1-5H2,(H,11,12);1-4H2;1,3H2,(H,4,5). The monoisotopic (exact) mass is 355 g/mol. The van der Waals surface area contributed by atoms with Crippen LogP contribution in [0.15, 0.2) is 11.6 Å². The lowest BCUT2D eigenvalue weighted by Gasteiger charge is -2.09. The highest BCUT2D eigenvalue weighted by Crippen LogP contribution is 2.19. The lowest BCUT2D eigenvalue weighted by atomic mass is 9.95. The van der Waals surface area contributed by atoms with Crippen molar-refractivity contribution in [3.63, 3.8) is 0 Å². The number of Topliss-reactive ketones (excluding diaryl/α,β-unsaturated/α-hetero) is 2. The van der Waals surface area contributed by atoms with E-state index in [1.165, 1.54) is 0 Å². The van der Waals surface area contributed by atoms with Crippen LogP contribution >= 0.6 is 0 Å². The van der Waals surface area contributed by atoms with Gasteiger partial charge >= 0.3 is 11.9 Å². The molecule has 0 unspecified atom stereocenters. The van der Waals surface area contributed by atoms with Gasteiger partial charge < -0.3 is 15.9 Å². The molecule has 140 valence electrons. The lowest BCUT2D eigenvalue weighted by molar-refractivity contribution is -0.137. The van der Waals surface area contributed by atoms with Crippen molar-refractivity contribution in [1.29, 1.82) is 0 Å². The van der Waals surface area contributed by atoms with Gasteiger partial charge in [0.15, 0.2) is 5.78 Å².